The van der Waals surface area contributed by atoms with Crippen LogP contribution in [-0.2, 0) is 31.9 Å². The van der Waals surface area contributed by atoms with E-state index in [1.165, 1.54) is 18.4 Å². The third-order valence-electron chi connectivity index (χ3n) is 4.97. The Bertz CT molecular complexity index is 752. The molecular weight excluding hydrogens is 366 g/mol. The van der Waals surface area contributed by atoms with E-state index in [-0.39, 0.29) is 18.5 Å². The van der Waals surface area contributed by atoms with Crippen LogP contribution in [0.4, 0.5) is 5.00 Å². The van der Waals surface area contributed by atoms with Crippen LogP contribution < -0.4 is 5.32 Å². The van der Waals surface area contributed by atoms with Crippen LogP contribution in [0.1, 0.15) is 59.3 Å². The summed E-state index contributed by atoms with van der Waals surface area (Å²) in [5.74, 6) is -1.04. The molecule has 0 aliphatic heterocycles. The highest BCUT2D eigenvalue weighted by Gasteiger charge is 2.26. The summed E-state index contributed by atoms with van der Waals surface area (Å²) >= 11 is 1.43. The molecular formula is C20H25NO5S. The fourth-order valence-corrected chi connectivity index (χ4v) is 4.89. The van der Waals surface area contributed by atoms with E-state index in [0.29, 0.717) is 17.0 Å². The van der Waals surface area contributed by atoms with Crippen LogP contribution in [-0.4, -0.2) is 31.6 Å². The van der Waals surface area contributed by atoms with Crippen molar-refractivity contribution in [3.8, 4) is 0 Å². The number of ether oxygens (including phenoxy) is 2. The lowest BCUT2D eigenvalue weighted by Gasteiger charge is -2.09. The number of nitrogens with one attached hydrogen (secondary N) is 1. The lowest BCUT2D eigenvalue weighted by Crippen LogP contribution is -2.22. The second kappa shape index (κ2) is 9.17. The van der Waals surface area contributed by atoms with Crippen molar-refractivity contribution in [1.29, 1.82) is 0 Å². The first kappa shape index (κ1) is 19.6. The summed E-state index contributed by atoms with van der Waals surface area (Å²) in [6.07, 6.45) is 11.3. The number of aryl methyl sites for hydroxylation is 1. The van der Waals surface area contributed by atoms with Gasteiger partial charge in [0, 0.05) is 4.88 Å². The number of carbonyl (C=O) groups excluding carboxylic acids is 3. The van der Waals surface area contributed by atoms with Crippen molar-refractivity contribution in [3.63, 3.8) is 0 Å². The minimum absolute atomic E-state index is 0.208. The van der Waals surface area contributed by atoms with Crippen molar-refractivity contribution < 1.29 is 23.9 Å². The van der Waals surface area contributed by atoms with Gasteiger partial charge in [-0.3, -0.25) is 9.59 Å². The topological polar surface area (TPSA) is 81.7 Å². The average molecular weight is 391 g/mol. The molecule has 146 valence electrons. The minimum Gasteiger partial charge on any atom is -0.465 e. The molecule has 0 spiro atoms. The Morgan fingerprint density at radius 1 is 1.22 bits per heavy atom. The number of amides is 1. The van der Waals surface area contributed by atoms with Gasteiger partial charge in [0.1, 0.15) is 5.00 Å². The van der Waals surface area contributed by atoms with Gasteiger partial charge in [-0.2, -0.15) is 0 Å². The Kier molecular flexibility index (Phi) is 6.66. The number of methoxy groups -OCH3 is 1. The van der Waals surface area contributed by atoms with E-state index in [2.05, 4.69) is 11.4 Å². The molecule has 0 fully saturated rings. The lowest BCUT2D eigenvalue weighted by molar-refractivity contribution is -0.147. The van der Waals surface area contributed by atoms with Gasteiger partial charge in [-0.1, -0.05) is 18.6 Å². The normalized spacial score (nSPS) is 18.5. The van der Waals surface area contributed by atoms with E-state index < -0.39 is 11.9 Å². The summed E-state index contributed by atoms with van der Waals surface area (Å²) in [7, 11) is 1.34. The highest BCUT2D eigenvalue weighted by Crippen LogP contribution is 2.37. The van der Waals surface area contributed by atoms with Gasteiger partial charge in [0.05, 0.1) is 19.1 Å². The van der Waals surface area contributed by atoms with Crippen molar-refractivity contribution >= 4 is 34.2 Å². The molecule has 27 heavy (non-hydrogen) atoms. The molecule has 1 heterocycles. The van der Waals surface area contributed by atoms with Crippen molar-refractivity contribution in [1.82, 2.24) is 0 Å². The van der Waals surface area contributed by atoms with Crippen LogP contribution in [0.25, 0.3) is 0 Å². The number of anilines is 1. The molecule has 0 bridgehead atoms. The smallest absolute Gasteiger partial charge is 0.341 e. The number of allylic oxidation sites excluding steroid dienone is 2. The summed E-state index contributed by atoms with van der Waals surface area (Å²) in [5, 5.41) is 3.23. The molecule has 3 rings (SSSR count). The third-order valence-corrected chi connectivity index (χ3v) is 6.18. The van der Waals surface area contributed by atoms with Crippen LogP contribution in [0, 0.1) is 5.92 Å². The summed E-state index contributed by atoms with van der Waals surface area (Å²) in [4.78, 5) is 37.5. The summed E-state index contributed by atoms with van der Waals surface area (Å²) in [5.41, 5.74) is 1.44. The van der Waals surface area contributed by atoms with Gasteiger partial charge < -0.3 is 14.8 Å². The maximum atomic E-state index is 12.3. The van der Waals surface area contributed by atoms with Gasteiger partial charge >= 0.3 is 11.9 Å². The second-order valence-corrected chi connectivity index (χ2v) is 8.04. The SMILES string of the molecule is COC(=O)c1c(NC(=O)COC(=O)C[C@@H]2C=CCC2)sc2c1CCCCC2. The van der Waals surface area contributed by atoms with Gasteiger partial charge in [0.15, 0.2) is 6.61 Å². The fraction of sp³-hybridized carbons (Fsp3) is 0.550. The van der Waals surface area contributed by atoms with E-state index in [0.717, 1.165) is 55.4 Å². The van der Waals surface area contributed by atoms with E-state index in [9.17, 15) is 14.4 Å². The second-order valence-electron chi connectivity index (χ2n) is 6.94. The third kappa shape index (κ3) is 4.97. The molecule has 1 N–H and O–H groups in total. The average Bonchev–Trinajstić information content (AvgIpc) is 3.21. The Hall–Kier alpha value is -2.15. The molecule has 6 nitrogen and oxygen atoms in total. The van der Waals surface area contributed by atoms with Crippen LogP contribution in [0.5, 0.6) is 0 Å². The predicted octanol–water partition coefficient (Wildman–Crippen LogP) is 3.64. The van der Waals surface area contributed by atoms with Gasteiger partial charge in [-0.05, 0) is 50.0 Å². The molecule has 1 atom stereocenters. The molecule has 1 amide bonds. The molecule has 0 saturated heterocycles. The molecule has 7 heteroatoms. The Morgan fingerprint density at radius 3 is 2.78 bits per heavy atom. The quantitative estimate of drug-likeness (QED) is 0.455. The van der Waals surface area contributed by atoms with E-state index in [1.807, 2.05) is 6.08 Å². The first-order chi connectivity index (χ1) is 13.1. The number of hydrogen-bond donors (Lipinski definition) is 1. The van der Waals surface area contributed by atoms with Gasteiger partial charge in [-0.25, -0.2) is 4.79 Å². The molecule has 2 aliphatic carbocycles. The largest absolute Gasteiger partial charge is 0.465 e. The monoisotopic (exact) mass is 391 g/mol. The summed E-state index contributed by atoms with van der Waals surface area (Å²) in [6, 6.07) is 0. The van der Waals surface area contributed by atoms with E-state index in [4.69, 9.17) is 9.47 Å². The molecule has 2 aliphatic rings. The molecule has 1 aromatic heterocycles. The predicted molar refractivity (Wildman–Crippen MR) is 103 cm³/mol. The van der Waals surface area contributed by atoms with Crippen molar-refractivity contribution in [2.45, 2.75) is 51.4 Å². The maximum absolute atomic E-state index is 12.3. The van der Waals surface area contributed by atoms with Gasteiger partial charge in [-0.15, -0.1) is 11.3 Å². The maximum Gasteiger partial charge on any atom is 0.341 e. The van der Waals surface area contributed by atoms with Gasteiger partial charge in [0.25, 0.3) is 5.91 Å². The first-order valence-electron chi connectivity index (χ1n) is 9.43. The van der Waals surface area contributed by atoms with Crippen LogP contribution in [0.3, 0.4) is 0 Å². The Labute approximate surface area is 162 Å². The standard InChI is InChI=1S/C20H25NO5S/c1-25-20(24)18-14-9-3-2-4-10-15(14)27-19(18)21-16(22)12-26-17(23)11-13-7-5-6-8-13/h5,7,13H,2-4,6,8-12H2,1H3,(H,21,22)/t13-/m1/s1. The molecule has 0 saturated carbocycles. The Morgan fingerprint density at radius 2 is 2.04 bits per heavy atom. The van der Waals surface area contributed by atoms with Crippen LogP contribution in [0.2, 0.25) is 0 Å². The highest BCUT2D eigenvalue weighted by atomic mass is 32.1. The van der Waals surface area contributed by atoms with E-state index in [1.54, 1.807) is 0 Å². The molecule has 0 unspecified atom stereocenters. The lowest BCUT2D eigenvalue weighted by atomic mass is 10.1. The van der Waals surface area contributed by atoms with Crippen molar-refractivity contribution in [3.05, 3.63) is 28.2 Å². The van der Waals surface area contributed by atoms with Crippen molar-refractivity contribution in [2.75, 3.05) is 19.0 Å². The first-order valence-corrected chi connectivity index (χ1v) is 10.2. The zero-order chi connectivity index (χ0) is 19.2. The summed E-state index contributed by atoms with van der Waals surface area (Å²) < 4.78 is 10.0. The van der Waals surface area contributed by atoms with Crippen molar-refractivity contribution in [2.24, 2.45) is 5.92 Å². The van der Waals surface area contributed by atoms with Crippen LogP contribution in [0.15, 0.2) is 12.2 Å². The molecule has 0 aromatic carbocycles. The molecule has 0 radical (unpaired) electrons. The number of fused-ring (bicyclic) bond motifs is 1. The number of carbonyl (C=O) groups is 3. The Balaban J connectivity index is 1.62. The zero-order valence-corrected chi connectivity index (χ0v) is 16.4. The van der Waals surface area contributed by atoms with Crippen LogP contribution >= 0.6 is 11.3 Å². The number of esters is 2. The number of rotatable bonds is 6. The number of hydrogen-bond acceptors (Lipinski definition) is 6. The fourth-order valence-electron chi connectivity index (χ4n) is 3.60. The number of thiophene rings is 1. The highest BCUT2D eigenvalue weighted by molar-refractivity contribution is 7.17. The summed E-state index contributed by atoms with van der Waals surface area (Å²) in [6.45, 7) is -0.349. The van der Waals surface area contributed by atoms with Gasteiger partial charge in [0.2, 0.25) is 0 Å². The van der Waals surface area contributed by atoms with E-state index >= 15 is 0 Å². The zero-order valence-electron chi connectivity index (χ0n) is 15.5. The minimum atomic E-state index is -0.438. The molecule has 1 aromatic rings.